The van der Waals surface area contributed by atoms with Crippen molar-refractivity contribution in [3.8, 4) is 0 Å². The van der Waals surface area contributed by atoms with Crippen LogP contribution in [0.2, 0.25) is 5.02 Å². The minimum Gasteiger partial charge on any atom is -0.411 e. The molecule has 0 atom stereocenters. The molecule has 0 aliphatic carbocycles. The van der Waals surface area contributed by atoms with Crippen LogP contribution >= 0.6 is 27.5 Å². The van der Waals surface area contributed by atoms with Crippen LogP contribution in [0.5, 0.6) is 0 Å². The van der Waals surface area contributed by atoms with Gasteiger partial charge in [0.05, 0.1) is 16.3 Å². The van der Waals surface area contributed by atoms with Crippen molar-refractivity contribution in [2.75, 3.05) is 5.32 Å². The van der Waals surface area contributed by atoms with E-state index in [2.05, 4.69) is 26.4 Å². The van der Waals surface area contributed by atoms with E-state index in [1.165, 1.54) is 0 Å². The van der Waals surface area contributed by atoms with Gasteiger partial charge in [-0.1, -0.05) is 44.8 Å². The van der Waals surface area contributed by atoms with Crippen LogP contribution in [0.4, 0.5) is 5.69 Å². The maximum atomic E-state index is 12.1. The van der Waals surface area contributed by atoms with Gasteiger partial charge in [0.15, 0.2) is 0 Å². The number of hydrogen-bond acceptors (Lipinski definition) is 3. The zero-order valence-corrected chi connectivity index (χ0v) is 13.4. The van der Waals surface area contributed by atoms with Gasteiger partial charge in [-0.3, -0.25) is 4.79 Å². The predicted octanol–water partition coefficient (Wildman–Crippen LogP) is 4.55. The van der Waals surface area contributed by atoms with Crippen molar-refractivity contribution in [3.05, 3.63) is 63.1 Å². The Balaban J connectivity index is 2.16. The number of carbonyl (C=O) groups excluding carboxylic acids is 1. The highest BCUT2D eigenvalue weighted by Crippen LogP contribution is 2.22. The minimum absolute atomic E-state index is 0.284. The van der Waals surface area contributed by atoms with E-state index in [0.29, 0.717) is 22.0 Å². The molecule has 0 saturated heterocycles. The molecule has 0 aliphatic rings. The van der Waals surface area contributed by atoms with Crippen LogP contribution in [0.3, 0.4) is 0 Å². The fourth-order valence-electron chi connectivity index (χ4n) is 1.72. The topological polar surface area (TPSA) is 61.7 Å². The predicted molar refractivity (Wildman–Crippen MR) is 87.5 cm³/mol. The standard InChI is InChI=1S/C15H12BrClN2O2/c1-9(19-21)10-2-5-12(6-3-10)18-15(20)13-7-4-11(16)8-14(13)17/h2-8,21H,1H3,(H,18,20)/b19-9+. The van der Waals surface area contributed by atoms with E-state index in [0.717, 1.165) is 10.0 Å². The van der Waals surface area contributed by atoms with Crippen LogP contribution in [0.25, 0.3) is 0 Å². The lowest BCUT2D eigenvalue weighted by Crippen LogP contribution is -2.12. The quantitative estimate of drug-likeness (QED) is 0.475. The Morgan fingerprint density at radius 2 is 1.90 bits per heavy atom. The highest BCUT2D eigenvalue weighted by atomic mass is 79.9. The molecule has 1 amide bonds. The number of benzene rings is 2. The Labute approximate surface area is 135 Å². The Hall–Kier alpha value is -1.85. The van der Waals surface area contributed by atoms with Crippen molar-refractivity contribution in [1.29, 1.82) is 0 Å². The number of amides is 1. The normalized spacial score (nSPS) is 11.3. The fourth-order valence-corrected chi connectivity index (χ4v) is 2.48. The van der Waals surface area contributed by atoms with Gasteiger partial charge in [0.2, 0.25) is 0 Å². The lowest BCUT2D eigenvalue weighted by molar-refractivity contribution is 0.102. The second-order valence-electron chi connectivity index (χ2n) is 4.34. The molecular weight excluding hydrogens is 356 g/mol. The molecular formula is C15H12BrClN2O2. The molecule has 6 heteroatoms. The summed E-state index contributed by atoms with van der Waals surface area (Å²) in [5, 5.41) is 15.0. The summed E-state index contributed by atoms with van der Waals surface area (Å²) in [6.45, 7) is 1.69. The van der Waals surface area contributed by atoms with Crippen molar-refractivity contribution < 1.29 is 10.0 Å². The number of halogens is 2. The first-order valence-electron chi connectivity index (χ1n) is 6.07. The molecule has 0 aliphatic heterocycles. The van der Waals surface area contributed by atoms with Gasteiger partial charge in [-0.15, -0.1) is 0 Å². The first-order valence-corrected chi connectivity index (χ1v) is 7.24. The summed E-state index contributed by atoms with van der Waals surface area (Å²) in [6, 6.07) is 12.1. The van der Waals surface area contributed by atoms with E-state index in [1.54, 1.807) is 49.4 Å². The second-order valence-corrected chi connectivity index (χ2v) is 5.66. The summed E-state index contributed by atoms with van der Waals surface area (Å²) in [5.41, 5.74) is 2.31. The molecule has 0 spiro atoms. The summed E-state index contributed by atoms with van der Waals surface area (Å²) in [7, 11) is 0. The van der Waals surface area contributed by atoms with E-state index in [-0.39, 0.29) is 5.91 Å². The maximum Gasteiger partial charge on any atom is 0.257 e. The van der Waals surface area contributed by atoms with Crippen molar-refractivity contribution >= 4 is 44.8 Å². The molecule has 4 nitrogen and oxygen atoms in total. The smallest absolute Gasteiger partial charge is 0.257 e. The molecule has 21 heavy (non-hydrogen) atoms. The van der Waals surface area contributed by atoms with Gasteiger partial charge in [0.1, 0.15) is 0 Å². The molecule has 2 rings (SSSR count). The minimum atomic E-state index is -0.284. The summed E-state index contributed by atoms with van der Waals surface area (Å²) < 4.78 is 0.812. The average molecular weight is 368 g/mol. The van der Waals surface area contributed by atoms with Crippen LogP contribution in [-0.4, -0.2) is 16.8 Å². The van der Waals surface area contributed by atoms with Gasteiger partial charge in [0.25, 0.3) is 5.91 Å². The van der Waals surface area contributed by atoms with E-state index in [1.807, 2.05) is 0 Å². The Bertz CT molecular complexity index is 699. The molecule has 0 saturated carbocycles. The second kappa shape index (κ2) is 6.74. The highest BCUT2D eigenvalue weighted by Gasteiger charge is 2.11. The Morgan fingerprint density at radius 3 is 2.48 bits per heavy atom. The van der Waals surface area contributed by atoms with Crippen molar-refractivity contribution in [3.63, 3.8) is 0 Å². The van der Waals surface area contributed by atoms with Crippen LogP contribution in [-0.2, 0) is 0 Å². The number of oxime groups is 1. The van der Waals surface area contributed by atoms with Crippen LogP contribution < -0.4 is 5.32 Å². The van der Waals surface area contributed by atoms with Gasteiger partial charge in [-0.05, 0) is 42.8 Å². The van der Waals surface area contributed by atoms with Crippen molar-refractivity contribution in [1.82, 2.24) is 0 Å². The summed E-state index contributed by atoms with van der Waals surface area (Å²) in [5.74, 6) is -0.284. The number of hydrogen-bond donors (Lipinski definition) is 2. The monoisotopic (exact) mass is 366 g/mol. The van der Waals surface area contributed by atoms with E-state index >= 15 is 0 Å². The maximum absolute atomic E-state index is 12.1. The Kier molecular flexibility index (Phi) is 4.98. The number of nitrogens with one attached hydrogen (secondary N) is 1. The fraction of sp³-hybridized carbons (Fsp3) is 0.0667. The third-order valence-corrected chi connectivity index (χ3v) is 3.69. The van der Waals surface area contributed by atoms with Gasteiger partial charge in [-0.25, -0.2) is 0 Å². The largest absolute Gasteiger partial charge is 0.411 e. The van der Waals surface area contributed by atoms with Gasteiger partial charge >= 0.3 is 0 Å². The third kappa shape index (κ3) is 3.83. The van der Waals surface area contributed by atoms with Crippen LogP contribution in [0.1, 0.15) is 22.8 Å². The number of carbonyl (C=O) groups is 1. The first-order chi connectivity index (χ1) is 10.0. The lowest BCUT2D eigenvalue weighted by Gasteiger charge is -2.08. The van der Waals surface area contributed by atoms with Crippen LogP contribution in [0.15, 0.2) is 52.1 Å². The molecule has 108 valence electrons. The third-order valence-electron chi connectivity index (χ3n) is 2.89. The molecule has 0 heterocycles. The Morgan fingerprint density at radius 1 is 1.24 bits per heavy atom. The first kappa shape index (κ1) is 15.5. The molecule has 0 fully saturated rings. The molecule has 0 bridgehead atoms. The lowest BCUT2D eigenvalue weighted by atomic mass is 10.1. The van der Waals surface area contributed by atoms with E-state index in [4.69, 9.17) is 16.8 Å². The molecule has 2 N–H and O–H groups in total. The van der Waals surface area contributed by atoms with E-state index in [9.17, 15) is 4.79 Å². The zero-order valence-electron chi connectivity index (χ0n) is 11.1. The number of rotatable bonds is 3. The molecule has 0 radical (unpaired) electrons. The molecule has 2 aromatic rings. The molecule has 0 aromatic heterocycles. The van der Waals surface area contributed by atoms with Crippen molar-refractivity contribution in [2.45, 2.75) is 6.92 Å². The summed E-state index contributed by atoms with van der Waals surface area (Å²) in [4.78, 5) is 12.1. The molecule has 2 aromatic carbocycles. The van der Waals surface area contributed by atoms with Gasteiger partial charge in [0, 0.05) is 10.2 Å². The average Bonchev–Trinajstić information content (AvgIpc) is 2.47. The molecule has 0 unspecified atom stereocenters. The summed E-state index contributed by atoms with van der Waals surface area (Å²) >= 11 is 9.33. The number of nitrogens with zero attached hydrogens (tertiary/aromatic N) is 1. The SMILES string of the molecule is C/C(=N\O)c1ccc(NC(=O)c2ccc(Br)cc2Cl)cc1. The number of anilines is 1. The van der Waals surface area contributed by atoms with Gasteiger partial charge < -0.3 is 10.5 Å². The van der Waals surface area contributed by atoms with Gasteiger partial charge in [-0.2, -0.15) is 0 Å². The van der Waals surface area contributed by atoms with Crippen molar-refractivity contribution in [2.24, 2.45) is 5.16 Å². The summed E-state index contributed by atoms with van der Waals surface area (Å²) in [6.07, 6.45) is 0. The van der Waals surface area contributed by atoms with E-state index < -0.39 is 0 Å². The van der Waals surface area contributed by atoms with Crippen LogP contribution in [0, 0.1) is 0 Å². The zero-order chi connectivity index (χ0) is 15.4. The highest BCUT2D eigenvalue weighted by molar-refractivity contribution is 9.10.